The average Bonchev–Trinajstić information content (AvgIpc) is 3.19. The van der Waals surface area contributed by atoms with Crippen molar-refractivity contribution in [1.82, 2.24) is 9.80 Å². The highest BCUT2D eigenvalue weighted by atomic mass is 16.5. The molecule has 4 nitrogen and oxygen atoms in total. The van der Waals surface area contributed by atoms with E-state index in [1.54, 1.807) is 0 Å². The van der Waals surface area contributed by atoms with Crippen molar-refractivity contribution in [2.75, 3.05) is 32.8 Å². The molecule has 3 aliphatic rings. The molecule has 110 valence electrons. The molecule has 0 amide bonds. The Hall–Kier alpha value is -0.160. The van der Waals surface area contributed by atoms with Crippen LogP contribution in [0.25, 0.3) is 0 Å². The molecule has 0 aromatic heterocycles. The van der Waals surface area contributed by atoms with Gasteiger partial charge in [0.05, 0.1) is 12.7 Å². The Labute approximate surface area is 117 Å². The van der Waals surface area contributed by atoms with Crippen LogP contribution >= 0.6 is 0 Å². The summed E-state index contributed by atoms with van der Waals surface area (Å²) in [6.45, 7) is 9.60. The molecule has 0 aromatic carbocycles. The predicted molar refractivity (Wildman–Crippen MR) is 77.2 cm³/mol. The Bertz CT molecular complexity index is 321. The van der Waals surface area contributed by atoms with Crippen molar-refractivity contribution >= 4 is 0 Å². The van der Waals surface area contributed by atoms with E-state index in [-0.39, 0.29) is 5.54 Å². The van der Waals surface area contributed by atoms with Crippen molar-refractivity contribution in [3.05, 3.63) is 0 Å². The number of nitrogens with zero attached hydrogens (tertiary/aromatic N) is 2. The van der Waals surface area contributed by atoms with Crippen LogP contribution < -0.4 is 5.73 Å². The lowest BCUT2D eigenvalue weighted by atomic mass is 9.92. The van der Waals surface area contributed by atoms with Crippen LogP contribution in [-0.2, 0) is 4.74 Å². The van der Waals surface area contributed by atoms with Gasteiger partial charge < -0.3 is 10.5 Å². The predicted octanol–water partition coefficient (Wildman–Crippen LogP) is 1.05. The first-order chi connectivity index (χ1) is 9.18. The monoisotopic (exact) mass is 267 g/mol. The van der Waals surface area contributed by atoms with Gasteiger partial charge in [0.25, 0.3) is 0 Å². The van der Waals surface area contributed by atoms with E-state index in [4.69, 9.17) is 10.5 Å². The summed E-state index contributed by atoms with van der Waals surface area (Å²) >= 11 is 0. The summed E-state index contributed by atoms with van der Waals surface area (Å²) < 4.78 is 5.85. The lowest BCUT2D eigenvalue weighted by Gasteiger charge is -2.49. The number of nitrogens with two attached hydrogens (primary N) is 1. The molecule has 2 aliphatic heterocycles. The molecule has 2 saturated heterocycles. The maximum atomic E-state index is 6.24. The first-order valence-corrected chi connectivity index (χ1v) is 8.01. The van der Waals surface area contributed by atoms with E-state index in [0.29, 0.717) is 12.1 Å². The minimum absolute atomic E-state index is 0.210. The van der Waals surface area contributed by atoms with Crippen molar-refractivity contribution in [1.29, 1.82) is 0 Å². The molecular formula is C15H29N3O. The maximum Gasteiger partial charge on any atom is 0.0675 e. The first-order valence-electron chi connectivity index (χ1n) is 8.01. The Morgan fingerprint density at radius 1 is 1.37 bits per heavy atom. The second-order valence-electron chi connectivity index (χ2n) is 6.74. The number of morpholine rings is 1. The lowest BCUT2D eigenvalue weighted by molar-refractivity contribution is -0.0962. The molecule has 3 fully saturated rings. The zero-order valence-corrected chi connectivity index (χ0v) is 12.5. The average molecular weight is 267 g/mol. The van der Waals surface area contributed by atoms with Gasteiger partial charge in [-0.3, -0.25) is 9.80 Å². The van der Waals surface area contributed by atoms with E-state index in [0.717, 1.165) is 32.2 Å². The molecule has 1 saturated carbocycles. The van der Waals surface area contributed by atoms with Crippen LogP contribution in [-0.4, -0.2) is 66.3 Å². The highest BCUT2D eigenvalue weighted by molar-refractivity contribution is 5.06. The zero-order chi connectivity index (χ0) is 13.5. The molecular weight excluding hydrogens is 238 g/mol. The minimum atomic E-state index is 0.210. The second kappa shape index (κ2) is 5.32. The van der Waals surface area contributed by atoms with Gasteiger partial charge in [-0.2, -0.15) is 0 Å². The largest absolute Gasteiger partial charge is 0.376 e. The van der Waals surface area contributed by atoms with Gasteiger partial charge in [0, 0.05) is 43.8 Å². The van der Waals surface area contributed by atoms with Gasteiger partial charge in [-0.1, -0.05) is 6.92 Å². The smallest absolute Gasteiger partial charge is 0.0675 e. The van der Waals surface area contributed by atoms with E-state index in [1.165, 1.54) is 32.4 Å². The third-order valence-corrected chi connectivity index (χ3v) is 5.35. The second-order valence-corrected chi connectivity index (χ2v) is 6.74. The van der Waals surface area contributed by atoms with Gasteiger partial charge in [0.1, 0.15) is 0 Å². The van der Waals surface area contributed by atoms with Gasteiger partial charge >= 0.3 is 0 Å². The minimum Gasteiger partial charge on any atom is -0.376 e. The van der Waals surface area contributed by atoms with Crippen LogP contribution in [0.15, 0.2) is 0 Å². The van der Waals surface area contributed by atoms with Crippen molar-refractivity contribution in [3.8, 4) is 0 Å². The molecule has 2 N–H and O–H groups in total. The van der Waals surface area contributed by atoms with E-state index in [2.05, 4.69) is 23.6 Å². The normalized spacial score (nSPS) is 41.8. The standard InChI is InChI=1S/C15H29N3O/c1-3-13-9-19-12(2)8-18(13)15(10-16)6-7-17(11-15)14-4-5-14/h12-14H,3-11,16H2,1-2H3. The molecule has 0 radical (unpaired) electrons. The molecule has 3 unspecified atom stereocenters. The molecule has 4 heteroatoms. The molecule has 3 atom stereocenters. The molecule has 19 heavy (non-hydrogen) atoms. The van der Waals surface area contributed by atoms with E-state index in [1.807, 2.05) is 0 Å². The highest BCUT2D eigenvalue weighted by Gasteiger charge is 2.48. The van der Waals surface area contributed by atoms with Gasteiger partial charge in [-0.15, -0.1) is 0 Å². The molecule has 0 aromatic rings. The highest BCUT2D eigenvalue weighted by Crippen LogP contribution is 2.37. The fourth-order valence-corrected chi connectivity index (χ4v) is 3.92. The Morgan fingerprint density at radius 3 is 2.79 bits per heavy atom. The van der Waals surface area contributed by atoms with Gasteiger partial charge in [0.2, 0.25) is 0 Å². The van der Waals surface area contributed by atoms with Gasteiger partial charge in [-0.05, 0) is 32.6 Å². The number of ether oxygens (including phenoxy) is 1. The van der Waals surface area contributed by atoms with Crippen LogP contribution in [0.3, 0.4) is 0 Å². The SMILES string of the molecule is CCC1COC(C)CN1C1(CN)CCN(C2CC2)C1. The molecule has 0 spiro atoms. The Balaban J connectivity index is 1.75. The molecule has 2 heterocycles. The van der Waals surface area contributed by atoms with Crippen molar-refractivity contribution < 1.29 is 4.74 Å². The third kappa shape index (κ3) is 2.56. The quantitative estimate of drug-likeness (QED) is 0.827. The van der Waals surface area contributed by atoms with Crippen molar-refractivity contribution in [2.45, 2.75) is 63.3 Å². The van der Waals surface area contributed by atoms with E-state index < -0.39 is 0 Å². The number of rotatable bonds is 4. The summed E-state index contributed by atoms with van der Waals surface area (Å²) in [4.78, 5) is 5.38. The fraction of sp³-hybridized carbons (Fsp3) is 1.00. The summed E-state index contributed by atoms with van der Waals surface area (Å²) in [5, 5.41) is 0. The summed E-state index contributed by atoms with van der Waals surface area (Å²) in [5.74, 6) is 0. The Morgan fingerprint density at radius 2 is 2.16 bits per heavy atom. The molecule has 3 rings (SSSR count). The molecule has 0 bridgehead atoms. The van der Waals surface area contributed by atoms with Crippen molar-refractivity contribution in [2.24, 2.45) is 5.73 Å². The number of hydrogen-bond acceptors (Lipinski definition) is 4. The first kappa shape index (κ1) is 13.8. The van der Waals surface area contributed by atoms with Gasteiger partial charge in [-0.25, -0.2) is 0 Å². The van der Waals surface area contributed by atoms with Crippen LogP contribution in [0.4, 0.5) is 0 Å². The summed E-state index contributed by atoms with van der Waals surface area (Å²) in [6.07, 6.45) is 5.55. The summed E-state index contributed by atoms with van der Waals surface area (Å²) in [5.41, 5.74) is 6.45. The summed E-state index contributed by atoms with van der Waals surface area (Å²) in [6, 6.07) is 1.42. The topological polar surface area (TPSA) is 41.7 Å². The number of hydrogen-bond donors (Lipinski definition) is 1. The third-order valence-electron chi connectivity index (χ3n) is 5.35. The van der Waals surface area contributed by atoms with Gasteiger partial charge in [0.15, 0.2) is 0 Å². The Kier molecular flexibility index (Phi) is 3.87. The van der Waals surface area contributed by atoms with Crippen LogP contribution in [0, 0.1) is 0 Å². The lowest BCUT2D eigenvalue weighted by Crippen LogP contribution is -2.64. The summed E-state index contributed by atoms with van der Waals surface area (Å²) in [7, 11) is 0. The van der Waals surface area contributed by atoms with Crippen LogP contribution in [0.5, 0.6) is 0 Å². The number of likely N-dealkylation sites (tertiary alicyclic amines) is 1. The van der Waals surface area contributed by atoms with Crippen molar-refractivity contribution in [3.63, 3.8) is 0 Å². The fourth-order valence-electron chi connectivity index (χ4n) is 3.92. The maximum absolute atomic E-state index is 6.24. The van der Waals surface area contributed by atoms with Crippen LogP contribution in [0.1, 0.15) is 39.5 Å². The van der Waals surface area contributed by atoms with E-state index in [9.17, 15) is 0 Å². The van der Waals surface area contributed by atoms with E-state index >= 15 is 0 Å². The zero-order valence-electron chi connectivity index (χ0n) is 12.5. The molecule has 1 aliphatic carbocycles. The van der Waals surface area contributed by atoms with Crippen LogP contribution in [0.2, 0.25) is 0 Å².